The molecule has 84 valence electrons. The lowest BCUT2D eigenvalue weighted by molar-refractivity contribution is 0.346. The van der Waals surface area contributed by atoms with Gasteiger partial charge in [0.25, 0.3) is 0 Å². The topological polar surface area (TPSA) is 24.9 Å². The monoisotopic (exact) mass is 314 g/mol. The molecule has 1 aliphatic heterocycles. The van der Waals surface area contributed by atoms with Crippen LogP contribution in [-0.2, 0) is 6.42 Å². The van der Waals surface area contributed by atoms with E-state index in [0.29, 0.717) is 0 Å². The Balaban J connectivity index is 1.76. The van der Waals surface area contributed by atoms with Crippen molar-refractivity contribution in [1.29, 1.82) is 0 Å². The van der Waals surface area contributed by atoms with Gasteiger partial charge in [-0.2, -0.15) is 0 Å². The van der Waals surface area contributed by atoms with Gasteiger partial charge in [0.05, 0.1) is 15.6 Å². The molecule has 0 saturated carbocycles. The van der Waals surface area contributed by atoms with Crippen LogP contribution in [0, 0.1) is 5.92 Å². The van der Waals surface area contributed by atoms with E-state index in [1.165, 1.54) is 9.88 Å². The molecule has 2 aromatic heterocycles. The van der Waals surface area contributed by atoms with Crippen molar-refractivity contribution in [3.05, 3.63) is 26.3 Å². The van der Waals surface area contributed by atoms with Gasteiger partial charge in [0.15, 0.2) is 0 Å². The molecule has 0 bridgehead atoms. The van der Waals surface area contributed by atoms with Crippen LogP contribution < -0.4 is 5.32 Å². The maximum absolute atomic E-state index is 4.70. The molecule has 2 nitrogen and oxygen atoms in total. The van der Waals surface area contributed by atoms with E-state index in [1.54, 1.807) is 22.7 Å². The summed E-state index contributed by atoms with van der Waals surface area (Å²) in [6.45, 7) is 2.30. The molecule has 2 aromatic rings. The van der Waals surface area contributed by atoms with Crippen LogP contribution in [0.5, 0.6) is 0 Å². The van der Waals surface area contributed by atoms with Gasteiger partial charge in [0.1, 0.15) is 0 Å². The molecule has 5 heteroatoms. The molecular formula is C11H11BrN2S2. The Hall–Kier alpha value is -0.230. The average molecular weight is 315 g/mol. The van der Waals surface area contributed by atoms with E-state index in [0.717, 1.165) is 35.6 Å². The zero-order valence-electron chi connectivity index (χ0n) is 8.57. The van der Waals surface area contributed by atoms with E-state index in [9.17, 15) is 0 Å². The van der Waals surface area contributed by atoms with Gasteiger partial charge >= 0.3 is 0 Å². The zero-order valence-corrected chi connectivity index (χ0v) is 11.8. The van der Waals surface area contributed by atoms with Crippen molar-refractivity contribution in [2.24, 2.45) is 5.92 Å². The second-order valence-electron chi connectivity index (χ2n) is 3.98. The van der Waals surface area contributed by atoms with E-state index in [1.807, 2.05) is 0 Å². The van der Waals surface area contributed by atoms with Crippen molar-refractivity contribution in [3.8, 4) is 10.6 Å². The van der Waals surface area contributed by atoms with Crippen LogP contribution in [0.25, 0.3) is 10.6 Å². The van der Waals surface area contributed by atoms with Crippen molar-refractivity contribution in [2.45, 2.75) is 6.42 Å². The molecule has 0 aromatic carbocycles. The Morgan fingerprint density at radius 1 is 1.38 bits per heavy atom. The summed E-state index contributed by atoms with van der Waals surface area (Å²) < 4.78 is 1.14. The largest absolute Gasteiger partial charge is 0.316 e. The van der Waals surface area contributed by atoms with Crippen LogP contribution in [0.4, 0.5) is 0 Å². The lowest BCUT2D eigenvalue weighted by atomic mass is 10.0. The van der Waals surface area contributed by atoms with Gasteiger partial charge in [-0.25, -0.2) is 4.98 Å². The van der Waals surface area contributed by atoms with E-state index in [-0.39, 0.29) is 0 Å². The van der Waals surface area contributed by atoms with Gasteiger partial charge in [0, 0.05) is 21.7 Å². The van der Waals surface area contributed by atoms with Crippen molar-refractivity contribution in [1.82, 2.24) is 10.3 Å². The number of thiophene rings is 1. The smallest absolute Gasteiger partial charge is 0.0936 e. The van der Waals surface area contributed by atoms with Crippen molar-refractivity contribution < 1.29 is 0 Å². The number of nitrogens with one attached hydrogen (secondary N) is 1. The third-order valence-corrected chi connectivity index (χ3v) is 5.29. The summed E-state index contributed by atoms with van der Waals surface area (Å²) in [6, 6.07) is 2.13. The fourth-order valence-electron chi connectivity index (χ4n) is 1.70. The van der Waals surface area contributed by atoms with Crippen LogP contribution in [0.3, 0.4) is 0 Å². The summed E-state index contributed by atoms with van der Waals surface area (Å²) in [7, 11) is 0. The molecular weight excluding hydrogens is 304 g/mol. The van der Waals surface area contributed by atoms with E-state index in [2.05, 4.69) is 38.1 Å². The normalized spacial score (nSPS) is 16.3. The molecule has 1 fully saturated rings. The number of thiazole rings is 1. The van der Waals surface area contributed by atoms with Crippen LogP contribution in [0.2, 0.25) is 0 Å². The number of nitrogens with zero attached hydrogens (tertiary/aromatic N) is 1. The predicted octanol–water partition coefficient (Wildman–Crippen LogP) is 3.40. The first kappa shape index (κ1) is 10.9. The molecule has 0 aliphatic carbocycles. The zero-order chi connectivity index (χ0) is 11.0. The minimum absolute atomic E-state index is 0.800. The van der Waals surface area contributed by atoms with Crippen molar-refractivity contribution in [2.75, 3.05) is 13.1 Å². The van der Waals surface area contributed by atoms with Crippen molar-refractivity contribution >= 4 is 38.6 Å². The molecule has 3 heterocycles. The number of hydrogen-bond acceptors (Lipinski definition) is 4. The van der Waals surface area contributed by atoms with Crippen LogP contribution in [-0.4, -0.2) is 18.1 Å². The molecule has 0 radical (unpaired) electrons. The molecule has 0 atom stereocenters. The minimum Gasteiger partial charge on any atom is -0.316 e. The standard InChI is InChI=1S/C11H11BrN2S2/c12-8-2-10(15-5-8)9-6-16-11(14-9)1-7-3-13-4-7/h2,5-7,13H,1,3-4H2. The molecule has 0 amide bonds. The quantitative estimate of drug-likeness (QED) is 0.939. The van der Waals surface area contributed by atoms with Gasteiger partial charge < -0.3 is 5.32 Å². The lowest BCUT2D eigenvalue weighted by Gasteiger charge is -2.25. The molecule has 0 unspecified atom stereocenters. The number of hydrogen-bond donors (Lipinski definition) is 1. The number of halogens is 1. The Labute approximate surface area is 111 Å². The Morgan fingerprint density at radius 3 is 2.88 bits per heavy atom. The predicted molar refractivity (Wildman–Crippen MR) is 73.2 cm³/mol. The minimum atomic E-state index is 0.800. The lowest BCUT2D eigenvalue weighted by Crippen LogP contribution is -2.43. The van der Waals surface area contributed by atoms with Gasteiger partial charge in [-0.05, 0) is 41.0 Å². The Bertz CT molecular complexity index is 488. The molecule has 1 saturated heterocycles. The third kappa shape index (κ3) is 2.22. The highest BCUT2D eigenvalue weighted by atomic mass is 79.9. The molecule has 0 spiro atoms. The van der Waals surface area contributed by atoms with Gasteiger partial charge in [-0.3, -0.25) is 0 Å². The summed E-state index contributed by atoms with van der Waals surface area (Å²) in [4.78, 5) is 5.95. The molecule has 3 rings (SSSR count). The summed E-state index contributed by atoms with van der Waals surface area (Å²) in [5, 5.41) is 8.83. The average Bonchev–Trinajstić information content (AvgIpc) is 2.80. The first-order valence-corrected chi connectivity index (χ1v) is 7.76. The van der Waals surface area contributed by atoms with Gasteiger partial charge in [-0.15, -0.1) is 22.7 Å². The fraction of sp³-hybridized carbons (Fsp3) is 0.364. The van der Waals surface area contributed by atoms with E-state index in [4.69, 9.17) is 4.98 Å². The maximum Gasteiger partial charge on any atom is 0.0936 e. The third-order valence-electron chi connectivity index (χ3n) is 2.70. The highest BCUT2D eigenvalue weighted by Gasteiger charge is 2.18. The molecule has 16 heavy (non-hydrogen) atoms. The first-order chi connectivity index (χ1) is 7.81. The molecule has 1 aliphatic rings. The summed E-state index contributed by atoms with van der Waals surface area (Å²) >= 11 is 7.00. The highest BCUT2D eigenvalue weighted by Crippen LogP contribution is 2.31. The summed E-state index contributed by atoms with van der Waals surface area (Å²) in [5.74, 6) is 0.800. The van der Waals surface area contributed by atoms with Gasteiger partial charge in [0.2, 0.25) is 0 Å². The van der Waals surface area contributed by atoms with Crippen LogP contribution in [0.1, 0.15) is 5.01 Å². The SMILES string of the molecule is Brc1csc(-c2csc(CC3CNC3)n2)c1. The second-order valence-corrected chi connectivity index (χ2v) is 6.75. The van der Waals surface area contributed by atoms with Gasteiger partial charge in [-0.1, -0.05) is 0 Å². The Morgan fingerprint density at radius 2 is 2.25 bits per heavy atom. The number of rotatable bonds is 3. The van der Waals surface area contributed by atoms with Crippen LogP contribution in [0.15, 0.2) is 21.3 Å². The summed E-state index contributed by atoms with van der Waals surface area (Å²) in [6.07, 6.45) is 1.13. The Kier molecular flexibility index (Phi) is 3.11. The fourth-order valence-corrected chi connectivity index (χ4v) is 4.08. The highest BCUT2D eigenvalue weighted by molar-refractivity contribution is 9.10. The number of aromatic nitrogens is 1. The molecule has 1 N–H and O–H groups in total. The van der Waals surface area contributed by atoms with Crippen molar-refractivity contribution in [3.63, 3.8) is 0 Å². The van der Waals surface area contributed by atoms with Crippen LogP contribution >= 0.6 is 38.6 Å². The first-order valence-electron chi connectivity index (χ1n) is 5.21. The maximum atomic E-state index is 4.70. The van der Waals surface area contributed by atoms with E-state index >= 15 is 0 Å². The summed E-state index contributed by atoms with van der Waals surface area (Å²) in [5.41, 5.74) is 1.13. The second kappa shape index (κ2) is 4.56. The van der Waals surface area contributed by atoms with E-state index < -0.39 is 0 Å².